The number of aliphatic hydroxyl groups is 1. The SMILES string of the molecule is O=C(CCc1ccc(Cl)s1)NC[C@H](O)C1CCOCC1. The summed E-state index contributed by atoms with van der Waals surface area (Å²) in [5.74, 6) is 0.209. The fraction of sp³-hybridized carbons (Fsp3) is 0.643. The third kappa shape index (κ3) is 5.05. The topological polar surface area (TPSA) is 58.6 Å². The number of carbonyl (C=O) groups excluding carboxylic acids is 1. The van der Waals surface area contributed by atoms with E-state index >= 15 is 0 Å². The van der Waals surface area contributed by atoms with Crippen LogP contribution in [0.5, 0.6) is 0 Å². The molecular formula is C14H20ClNO3S. The molecule has 0 saturated carbocycles. The fourth-order valence-corrected chi connectivity index (χ4v) is 3.38. The fourth-order valence-electron chi connectivity index (χ4n) is 2.30. The van der Waals surface area contributed by atoms with Gasteiger partial charge in [-0.05, 0) is 37.3 Å². The Labute approximate surface area is 128 Å². The number of thiophene rings is 1. The minimum atomic E-state index is -0.473. The molecule has 1 saturated heterocycles. The number of aryl methyl sites for hydroxylation is 1. The van der Waals surface area contributed by atoms with Crippen LogP contribution in [0.15, 0.2) is 12.1 Å². The van der Waals surface area contributed by atoms with E-state index in [-0.39, 0.29) is 11.8 Å². The van der Waals surface area contributed by atoms with Gasteiger partial charge in [0.25, 0.3) is 0 Å². The van der Waals surface area contributed by atoms with Gasteiger partial charge in [0.05, 0.1) is 10.4 Å². The molecule has 1 aliphatic rings. The van der Waals surface area contributed by atoms with Gasteiger partial charge >= 0.3 is 0 Å². The molecule has 2 heterocycles. The lowest BCUT2D eigenvalue weighted by atomic mass is 9.94. The maximum atomic E-state index is 11.7. The Kier molecular flexibility index (Phi) is 6.29. The minimum Gasteiger partial charge on any atom is -0.391 e. The second kappa shape index (κ2) is 7.98. The molecule has 1 atom stereocenters. The number of aliphatic hydroxyl groups excluding tert-OH is 1. The quantitative estimate of drug-likeness (QED) is 0.846. The third-order valence-electron chi connectivity index (χ3n) is 3.55. The molecule has 2 rings (SSSR count). The van der Waals surface area contributed by atoms with Gasteiger partial charge < -0.3 is 15.2 Å². The molecule has 1 amide bonds. The predicted octanol–water partition coefficient (Wildman–Crippen LogP) is 2.24. The van der Waals surface area contributed by atoms with E-state index < -0.39 is 6.10 Å². The van der Waals surface area contributed by atoms with Crippen LogP contribution < -0.4 is 5.32 Å². The Morgan fingerprint density at radius 1 is 1.50 bits per heavy atom. The molecule has 4 nitrogen and oxygen atoms in total. The highest BCUT2D eigenvalue weighted by molar-refractivity contribution is 7.16. The summed E-state index contributed by atoms with van der Waals surface area (Å²) in [4.78, 5) is 12.8. The van der Waals surface area contributed by atoms with Crippen LogP contribution in [-0.4, -0.2) is 36.9 Å². The molecule has 0 unspecified atom stereocenters. The zero-order chi connectivity index (χ0) is 14.4. The van der Waals surface area contributed by atoms with Crippen LogP contribution in [0.4, 0.5) is 0 Å². The molecule has 6 heteroatoms. The predicted molar refractivity (Wildman–Crippen MR) is 80.2 cm³/mol. The summed E-state index contributed by atoms with van der Waals surface area (Å²) < 4.78 is 6.00. The van der Waals surface area contributed by atoms with Gasteiger partial charge in [0.15, 0.2) is 0 Å². The molecule has 0 spiro atoms. The number of halogens is 1. The van der Waals surface area contributed by atoms with Gasteiger partial charge in [-0.1, -0.05) is 11.6 Å². The van der Waals surface area contributed by atoms with Crippen molar-refractivity contribution >= 4 is 28.8 Å². The molecule has 2 N–H and O–H groups in total. The van der Waals surface area contributed by atoms with Gasteiger partial charge in [0.2, 0.25) is 5.91 Å². The van der Waals surface area contributed by atoms with Crippen molar-refractivity contribution < 1.29 is 14.6 Å². The van der Waals surface area contributed by atoms with Gasteiger partial charge in [0, 0.05) is 31.1 Å². The maximum Gasteiger partial charge on any atom is 0.220 e. The molecule has 0 aromatic carbocycles. The molecule has 112 valence electrons. The number of ether oxygens (including phenoxy) is 1. The summed E-state index contributed by atoms with van der Waals surface area (Å²) in [6, 6.07) is 3.78. The van der Waals surface area contributed by atoms with Crippen LogP contribution in [-0.2, 0) is 16.0 Å². The molecule has 0 aliphatic carbocycles. The van der Waals surface area contributed by atoms with E-state index in [1.807, 2.05) is 12.1 Å². The van der Waals surface area contributed by atoms with E-state index in [4.69, 9.17) is 16.3 Å². The number of hydrogen-bond donors (Lipinski definition) is 2. The number of carbonyl (C=O) groups is 1. The first kappa shape index (κ1) is 15.8. The van der Waals surface area contributed by atoms with E-state index in [1.54, 1.807) is 0 Å². The Bertz CT molecular complexity index is 432. The molecule has 1 aromatic rings. The van der Waals surface area contributed by atoms with Crippen LogP contribution in [0.25, 0.3) is 0 Å². The van der Waals surface area contributed by atoms with Crippen LogP contribution in [0.2, 0.25) is 4.34 Å². The normalized spacial score (nSPS) is 17.9. The average Bonchev–Trinajstić information content (AvgIpc) is 2.89. The van der Waals surface area contributed by atoms with Crippen molar-refractivity contribution in [2.45, 2.75) is 31.8 Å². The van der Waals surface area contributed by atoms with Crippen molar-refractivity contribution in [1.29, 1.82) is 0 Å². The highest BCUT2D eigenvalue weighted by atomic mass is 35.5. The summed E-state index contributed by atoms with van der Waals surface area (Å²) >= 11 is 7.34. The highest BCUT2D eigenvalue weighted by Crippen LogP contribution is 2.22. The lowest BCUT2D eigenvalue weighted by molar-refractivity contribution is -0.121. The zero-order valence-corrected chi connectivity index (χ0v) is 12.9. The molecule has 0 bridgehead atoms. The molecule has 1 aromatic heterocycles. The van der Waals surface area contributed by atoms with Gasteiger partial charge in [-0.2, -0.15) is 0 Å². The average molecular weight is 318 g/mol. The smallest absolute Gasteiger partial charge is 0.220 e. The van der Waals surface area contributed by atoms with Crippen molar-refractivity contribution in [2.75, 3.05) is 19.8 Å². The van der Waals surface area contributed by atoms with Crippen molar-refractivity contribution in [1.82, 2.24) is 5.32 Å². The van der Waals surface area contributed by atoms with E-state index in [0.29, 0.717) is 32.6 Å². The highest BCUT2D eigenvalue weighted by Gasteiger charge is 2.22. The second-order valence-electron chi connectivity index (χ2n) is 5.03. The van der Waals surface area contributed by atoms with Crippen molar-refractivity contribution in [3.05, 3.63) is 21.3 Å². The first-order valence-electron chi connectivity index (χ1n) is 6.92. The van der Waals surface area contributed by atoms with Crippen molar-refractivity contribution in [3.63, 3.8) is 0 Å². The first-order valence-corrected chi connectivity index (χ1v) is 8.11. The summed E-state index contributed by atoms with van der Waals surface area (Å²) in [6.45, 7) is 1.73. The van der Waals surface area contributed by atoms with E-state index in [2.05, 4.69) is 5.32 Å². The number of rotatable bonds is 6. The maximum absolute atomic E-state index is 11.7. The zero-order valence-electron chi connectivity index (χ0n) is 11.3. The van der Waals surface area contributed by atoms with E-state index in [0.717, 1.165) is 22.1 Å². The van der Waals surface area contributed by atoms with Crippen LogP contribution in [0.1, 0.15) is 24.1 Å². The largest absolute Gasteiger partial charge is 0.391 e. The summed E-state index contributed by atoms with van der Waals surface area (Å²) in [5.41, 5.74) is 0. The van der Waals surface area contributed by atoms with Gasteiger partial charge in [-0.3, -0.25) is 4.79 Å². The summed E-state index contributed by atoms with van der Waals surface area (Å²) in [5, 5.41) is 12.8. The summed E-state index contributed by atoms with van der Waals surface area (Å²) in [7, 11) is 0. The van der Waals surface area contributed by atoms with E-state index in [9.17, 15) is 9.90 Å². The second-order valence-corrected chi connectivity index (χ2v) is 6.83. The lowest BCUT2D eigenvalue weighted by Crippen LogP contribution is -2.38. The molecule has 20 heavy (non-hydrogen) atoms. The molecule has 1 aliphatic heterocycles. The molecular weight excluding hydrogens is 298 g/mol. The molecule has 1 fully saturated rings. The van der Waals surface area contributed by atoms with Crippen LogP contribution in [0, 0.1) is 5.92 Å². The number of nitrogens with one attached hydrogen (secondary N) is 1. The Morgan fingerprint density at radius 3 is 2.90 bits per heavy atom. The van der Waals surface area contributed by atoms with Crippen LogP contribution >= 0.6 is 22.9 Å². The van der Waals surface area contributed by atoms with Crippen LogP contribution in [0.3, 0.4) is 0 Å². The first-order chi connectivity index (χ1) is 9.65. The Hall–Kier alpha value is -0.620. The van der Waals surface area contributed by atoms with Crippen molar-refractivity contribution in [2.24, 2.45) is 5.92 Å². The monoisotopic (exact) mass is 317 g/mol. The standard InChI is InChI=1S/C14H20ClNO3S/c15-13-3-1-11(20-13)2-4-14(18)16-9-12(17)10-5-7-19-8-6-10/h1,3,10,12,17H,2,4-9H2,(H,16,18)/t12-/m0/s1. The number of hydrogen-bond acceptors (Lipinski definition) is 4. The number of amides is 1. The van der Waals surface area contributed by atoms with Gasteiger partial charge in [-0.25, -0.2) is 0 Å². The minimum absolute atomic E-state index is 0.0272. The van der Waals surface area contributed by atoms with E-state index in [1.165, 1.54) is 11.3 Å². The summed E-state index contributed by atoms with van der Waals surface area (Å²) in [6.07, 6.45) is 2.38. The Balaban J connectivity index is 1.64. The third-order valence-corrected chi connectivity index (χ3v) is 4.84. The van der Waals surface area contributed by atoms with Gasteiger partial charge in [0.1, 0.15) is 0 Å². The molecule has 0 radical (unpaired) electrons. The Morgan fingerprint density at radius 2 is 2.25 bits per heavy atom. The van der Waals surface area contributed by atoms with Crippen molar-refractivity contribution in [3.8, 4) is 0 Å². The lowest BCUT2D eigenvalue weighted by Gasteiger charge is -2.26. The van der Waals surface area contributed by atoms with Gasteiger partial charge in [-0.15, -0.1) is 11.3 Å².